The molecule has 4 nitrogen and oxygen atoms in total. The van der Waals surface area contributed by atoms with Crippen LogP contribution in [-0.2, 0) is 11.2 Å². The molecule has 1 aromatic carbocycles. The maximum Gasteiger partial charge on any atom is 0.190 e. The Hall–Kier alpha value is -1.07. The molecular weight excluding hydrogens is 162 g/mol. The normalized spacial score (nSPS) is 12.5. The van der Waals surface area contributed by atoms with E-state index in [1.807, 2.05) is 0 Å². The highest BCUT2D eigenvalue weighted by Crippen LogP contribution is 2.09. The summed E-state index contributed by atoms with van der Waals surface area (Å²) in [6.07, 6.45) is 0. The van der Waals surface area contributed by atoms with E-state index < -0.39 is 11.2 Å². The highest BCUT2D eigenvalue weighted by molar-refractivity contribution is 7.84. The van der Waals surface area contributed by atoms with Crippen LogP contribution in [0.5, 0.6) is 0 Å². The number of hydrogen-bond donors (Lipinski definition) is 3. The lowest BCUT2D eigenvalue weighted by Gasteiger charge is -2.00. The standard InChI is InChI=1S/C6H9N3OS/c7-5-1-3-6(4-2-5)9-11(8)10/h1-4,9H,7-8H2. The number of rotatable bonds is 2. The van der Waals surface area contributed by atoms with Crippen molar-refractivity contribution in [1.29, 1.82) is 0 Å². The second-order valence-electron chi connectivity index (χ2n) is 2.02. The summed E-state index contributed by atoms with van der Waals surface area (Å²) in [6, 6.07) is 6.82. The highest BCUT2D eigenvalue weighted by atomic mass is 32.2. The van der Waals surface area contributed by atoms with Gasteiger partial charge in [-0.2, -0.15) is 0 Å². The van der Waals surface area contributed by atoms with Crippen molar-refractivity contribution in [2.75, 3.05) is 10.5 Å². The van der Waals surface area contributed by atoms with E-state index in [-0.39, 0.29) is 0 Å². The first-order valence-corrected chi connectivity index (χ1v) is 4.18. The Morgan fingerprint density at radius 2 is 1.82 bits per heavy atom. The fourth-order valence-corrected chi connectivity index (χ4v) is 1.04. The molecule has 0 heterocycles. The summed E-state index contributed by atoms with van der Waals surface area (Å²) in [4.78, 5) is 0. The van der Waals surface area contributed by atoms with Crippen LogP contribution in [0.15, 0.2) is 24.3 Å². The molecule has 0 aromatic heterocycles. The molecule has 0 spiro atoms. The Morgan fingerprint density at radius 1 is 1.27 bits per heavy atom. The molecule has 0 amide bonds. The predicted molar refractivity (Wildman–Crippen MR) is 46.8 cm³/mol. The van der Waals surface area contributed by atoms with Gasteiger partial charge in [-0.25, -0.2) is 9.35 Å². The third-order valence-electron chi connectivity index (χ3n) is 1.13. The summed E-state index contributed by atoms with van der Waals surface area (Å²) in [6.45, 7) is 0. The van der Waals surface area contributed by atoms with Crippen LogP contribution >= 0.6 is 0 Å². The van der Waals surface area contributed by atoms with Crippen molar-refractivity contribution in [3.05, 3.63) is 24.3 Å². The molecule has 0 aliphatic heterocycles. The Balaban J connectivity index is 2.74. The van der Waals surface area contributed by atoms with Gasteiger partial charge in [-0.15, -0.1) is 0 Å². The average molecular weight is 171 g/mol. The molecule has 0 saturated carbocycles. The zero-order valence-electron chi connectivity index (χ0n) is 5.78. The maximum atomic E-state index is 10.4. The average Bonchev–Trinajstić information content (AvgIpc) is 1.93. The second kappa shape index (κ2) is 3.36. The number of anilines is 2. The van der Waals surface area contributed by atoms with Gasteiger partial charge in [0, 0.05) is 11.4 Å². The van der Waals surface area contributed by atoms with Crippen LogP contribution in [0.1, 0.15) is 0 Å². The molecule has 0 aliphatic rings. The van der Waals surface area contributed by atoms with Gasteiger partial charge in [0.05, 0.1) is 0 Å². The van der Waals surface area contributed by atoms with E-state index in [9.17, 15) is 4.21 Å². The van der Waals surface area contributed by atoms with Crippen LogP contribution < -0.4 is 15.6 Å². The molecule has 0 fully saturated rings. The van der Waals surface area contributed by atoms with Crippen molar-refractivity contribution in [3.63, 3.8) is 0 Å². The van der Waals surface area contributed by atoms with Crippen molar-refractivity contribution in [2.24, 2.45) is 5.14 Å². The first-order valence-electron chi connectivity index (χ1n) is 2.97. The Labute approximate surface area is 67.3 Å². The monoisotopic (exact) mass is 171 g/mol. The van der Waals surface area contributed by atoms with Crippen LogP contribution in [0.3, 0.4) is 0 Å². The molecule has 0 saturated heterocycles. The first-order chi connectivity index (χ1) is 5.18. The second-order valence-corrected chi connectivity index (χ2v) is 2.82. The van der Waals surface area contributed by atoms with Gasteiger partial charge in [-0.05, 0) is 24.3 Å². The summed E-state index contributed by atoms with van der Waals surface area (Å²) in [5.41, 5.74) is 6.78. The third-order valence-corrected chi connectivity index (χ3v) is 1.57. The smallest absolute Gasteiger partial charge is 0.190 e. The zero-order valence-corrected chi connectivity index (χ0v) is 6.60. The van der Waals surface area contributed by atoms with Crippen molar-refractivity contribution < 1.29 is 4.21 Å². The topological polar surface area (TPSA) is 81.1 Å². The lowest BCUT2D eigenvalue weighted by Crippen LogP contribution is -2.12. The lowest BCUT2D eigenvalue weighted by molar-refractivity contribution is 0.687. The molecule has 5 heteroatoms. The predicted octanol–water partition coefficient (Wildman–Crippen LogP) is 0.218. The molecular formula is C6H9N3OS. The summed E-state index contributed by atoms with van der Waals surface area (Å²) in [5.74, 6) is 0. The van der Waals surface area contributed by atoms with Gasteiger partial charge in [0.25, 0.3) is 0 Å². The molecule has 1 atom stereocenters. The summed E-state index contributed by atoms with van der Waals surface area (Å²) in [5, 5.41) is 4.99. The van der Waals surface area contributed by atoms with E-state index in [2.05, 4.69) is 4.72 Å². The van der Waals surface area contributed by atoms with Gasteiger partial charge in [0.1, 0.15) is 0 Å². The van der Waals surface area contributed by atoms with E-state index in [1.165, 1.54) is 0 Å². The number of nitrogen functional groups attached to an aromatic ring is 1. The van der Waals surface area contributed by atoms with Crippen molar-refractivity contribution in [3.8, 4) is 0 Å². The summed E-state index contributed by atoms with van der Waals surface area (Å²) >= 11 is -1.51. The van der Waals surface area contributed by atoms with Crippen molar-refractivity contribution in [2.45, 2.75) is 0 Å². The van der Waals surface area contributed by atoms with Crippen LogP contribution in [0.2, 0.25) is 0 Å². The zero-order chi connectivity index (χ0) is 8.27. The number of benzene rings is 1. The molecule has 11 heavy (non-hydrogen) atoms. The highest BCUT2D eigenvalue weighted by Gasteiger charge is 1.91. The van der Waals surface area contributed by atoms with Crippen LogP contribution in [-0.4, -0.2) is 4.21 Å². The Bertz CT molecular complexity index is 259. The maximum absolute atomic E-state index is 10.4. The van der Waals surface area contributed by atoms with Crippen molar-refractivity contribution in [1.82, 2.24) is 0 Å². The Kier molecular flexibility index (Phi) is 2.45. The fraction of sp³-hybridized carbons (Fsp3) is 0. The minimum absolute atomic E-state index is 0.665. The Morgan fingerprint density at radius 3 is 2.27 bits per heavy atom. The van der Waals surface area contributed by atoms with Gasteiger partial charge in [-0.1, -0.05) is 0 Å². The van der Waals surface area contributed by atoms with Crippen LogP contribution in [0, 0.1) is 0 Å². The van der Waals surface area contributed by atoms with Crippen molar-refractivity contribution >= 4 is 22.5 Å². The molecule has 0 aliphatic carbocycles. The quantitative estimate of drug-likeness (QED) is 0.556. The molecule has 1 unspecified atom stereocenters. The van der Waals surface area contributed by atoms with Crippen LogP contribution in [0.4, 0.5) is 11.4 Å². The van der Waals surface area contributed by atoms with E-state index >= 15 is 0 Å². The first kappa shape index (κ1) is 8.03. The van der Waals surface area contributed by atoms with Gasteiger partial charge in [-0.3, -0.25) is 4.72 Å². The minimum atomic E-state index is -1.51. The van der Waals surface area contributed by atoms with Crippen LogP contribution in [0.25, 0.3) is 0 Å². The molecule has 1 aromatic rings. The molecule has 0 radical (unpaired) electrons. The molecule has 0 bridgehead atoms. The molecule has 5 N–H and O–H groups in total. The number of hydrogen-bond acceptors (Lipinski definition) is 2. The lowest BCUT2D eigenvalue weighted by atomic mass is 10.3. The van der Waals surface area contributed by atoms with Gasteiger partial charge in [0.15, 0.2) is 11.2 Å². The van der Waals surface area contributed by atoms with E-state index in [1.54, 1.807) is 24.3 Å². The van der Waals surface area contributed by atoms with E-state index in [4.69, 9.17) is 10.9 Å². The van der Waals surface area contributed by atoms with E-state index in [0.29, 0.717) is 11.4 Å². The summed E-state index contributed by atoms with van der Waals surface area (Å²) in [7, 11) is 0. The summed E-state index contributed by atoms with van der Waals surface area (Å²) < 4.78 is 13.0. The number of nitrogens with one attached hydrogen (secondary N) is 1. The SMILES string of the molecule is Nc1ccc(NS(N)=O)cc1. The largest absolute Gasteiger partial charge is 0.399 e. The van der Waals surface area contributed by atoms with Gasteiger partial charge >= 0.3 is 0 Å². The van der Waals surface area contributed by atoms with Gasteiger partial charge in [0.2, 0.25) is 0 Å². The molecule has 60 valence electrons. The van der Waals surface area contributed by atoms with Gasteiger partial charge < -0.3 is 5.73 Å². The fourth-order valence-electron chi connectivity index (χ4n) is 0.667. The number of nitrogens with two attached hydrogens (primary N) is 2. The molecule has 1 rings (SSSR count). The third kappa shape index (κ3) is 2.57. The minimum Gasteiger partial charge on any atom is -0.399 e. The van der Waals surface area contributed by atoms with E-state index in [0.717, 1.165) is 0 Å².